The maximum absolute atomic E-state index is 12.0. The van der Waals surface area contributed by atoms with Crippen LogP contribution in [0.1, 0.15) is 19.4 Å². The van der Waals surface area contributed by atoms with E-state index < -0.39 is 5.92 Å². The van der Waals surface area contributed by atoms with Gasteiger partial charge in [-0.15, -0.1) is 0 Å². The Hall–Kier alpha value is -1.84. The van der Waals surface area contributed by atoms with Crippen molar-refractivity contribution in [2.75, 3.05) is 7.11 Å². The highest BCUT2D eigenvalue weighted by molar-refractivity contribution is 5.89. The maximum Gasteiger partial charge on any atom is 0.310 e. The molecule has 4 heteroatoms. The molecule has 1 fully saturated rings. The van der Waals surface area contributed by atoms with Crippen LogP contribution in [-0.2, 0) is 25.7 Å². The normalized spacial score (nSPS) is 23.5. The molecule has 4 nitrogen and oxygen atoms in total. The Morgan fingerprint density at radius 1 is 1.11 bits per heavy atom. The summed E-state index contributed by atoms with van der Waals surface area (Å²) in [5, 5.41) is 0. The molecule has 2 atom stereocenters. The van der Waals surface area contributed by atoms with Crippen LogP contribution in [0, 0.1) is 17.3 Å². The molecule has 0 aromatic heterocycles. The molecule has 0 saturated heterocycles. The molecule has 1 aromatic carbocycles. The molecular formula is C15H18O4. The van der Waals surface area contributed by atoms with Crippen molar-refractivity contribution >= 4 is 11.9 Å². The van der Waals surface area contributed by atoms with Crippen molar-refractivity contribution in [1.82, 2.24) is 0 Å². The first-order valence-electron chi connectivity index (χ1n) is 6.27. The van der Waals surface area contributed by atoms with Crippen molar-refractivity contribution in [2.24, 2.45) is 17.3 Å². The second-order valence-electron chi connectivity index (χ2n) is 5.39. The van der Waals surface area contributed by atoms with Gasteiger partial charge in [-0.25, -0.2) is 0 Å². The molecule has 0 N–H and O–H groups in total. The number of carbonyl (C=O) groups is 2. The first-order valence-corrected chi connectivity index (χ1v) is 6.27. The Kier molecular flexibility index (Phi) is 3.60. The Morgan fingerprint density at radius 3 is 2.26 bits per heavy atom. The first kappa shape index (κ1) is 13.6. The average molecular weight is 262 g/mol. The predicted octanol–water partition coefficient (Wildman–Crippen LogP) is 2.17. The van der Waals surface area contributed by atoms with E-state index >= 15 is 0 Å². The number of rotatable bonds is 4. The van der Waals surface area contributed by atoms with Crippen LogP contribution < -0.4 is 0 Å². The fourth-order valence-corrected chi connectivity index (χ4v) is 2.46. The standard InChI is InChI=1S/C15H18O4/c1-15(2)11(13(16)18-3)12(15)14(17)19-9-10-7-5-4-6-8-10/h4-8,11-12H,9H2,1-3H3/t11-,12+/m1/s1. The van der Waals surface area contributed by atoms with Gasteiger partial charge < -0.3 is 9.47 Å². The summed E-state index contributed by atoms with van der Waals surface area (Å²) >= 11 is 0. The Morgan fingerprint density at radius 2 is 1.68 bits per heavy atom. The summed E-state index contributed by atoms with van der Waals surface area (Å²) in [5.41, 5.74) is 0.560. The van der Waals surface area contributed by atoms with Gasteiger partial charge in [0.2, 0.25) is 0 Å². The number of methoxy groups -OCH3 is 1. The molecule has 0 spiro atoms. The largest absolute Gasteiger partial charge is 0.469 e. The zero-order valence-electron chi connectivity index (χ0n) is 11.4. The van der Waals surface area contributed by atoms with Gasteiger partial charge in [0.05, 0.1) is 18.9 Å². The van der Waals surface area contributed by atoms with Gasteiger partial charge in [0.1, 0.15) is 6.61 Å². The van der Waals surface area contributed by atoms with E-state index in [1.807, 2.05) is 44.2 Å². The van der Waals surface area contributed by atoms with E-state index in [0.29, 0.717) is 0 Å². The highest BCUT2D eigenvalue weighted by atomic mass is 16.5. The van der Waals surface area contributed by atoms with Gasteiger partial charge >= 0.3 is 11.9 Å². The predicted molar refractivity (Wildman–Crippen MR) is 69.0 cm³/mol. The molecule has 0 bridgehead atoms. The lowest BCUT2D eigenvalue weighted by Gasteiger charge is -2.05. The van der Waals surface area contributed by atoms with Crippen LogP contribution in [-0.4, -0.2) is 19.0 Å². The zero-order chi connectivity index (χ0) is 14.0. The number of esters is 2. The van der Waals surface area contributed by atoms with Crippen LogP contribution in [0.25, 0.3) is 0 Å². The second-order valence-corrected chi connectivity index (χ2v) is 5.39. The van der Waals surface area contributed by atoms with Crippen LogP contribution >= 0.6 is 0 Å². The van der Waals surface area contributed by atoms with Crippen LogP contribution in [0.2, 0.25) is 0 Å². The molecule has 0 radical (unpaired) electrons. The van der Waals surface area contributed by atoms with Crippen LogP contribution in [0.15, 0.2) is 30.3 Å². The van der Waals surface area contributed by atoms with Crippen LogP contribution in [0.3, 0.4) is 0 Å². The minimum Gasteiger partial charge on any atom is -0.469 e. The highest BCUT2D eigenvalue weighted by Crippen LogP contribution is 2.59. The third kappa shape index (κ3) is 2.62. The second kappa shape index (κ2) is 5.03. The minimum atomic E-state index is -0.399. The van der Waals surface area contributed by atoms with Gasteiger partial charge in [-0.05, 0) is 11.0 Å². The van der Waals surface area contributed by atoms with Crippen molar-refractivity contribution in [1.29, 1.82) is 0 Å². The number of benzene rings is 1. The lowest BCUT2D eigenvalue weighted by molar-refractivity contribution is -0.150. The van der Waals surface area contributed by atoms with Gasteiger partial charge in [-0.3, -0.25) is 9.59 Å². The lowest BCUT2D eigenvalue weighted by Crippen LogP contribution is -2.12. The van der Waals surface area contributed by atoms with Crippen molar-refractivity contribution in [3.63, 3.8) is 0 Å². The molecular weight excluding hydrogens is 244 g/mol. The summed E-state index contributed by atoms with van der Waals surface area (Å²) in [6, 6.07) is 9.47. The molecule has 1 saturated carbocycles. The molecule has 102 valence electrons. The van der Waals surface area contributed by atoms with Gasteiger partial charge in [0, 0.05) is 0 Å². The summed E-state index contributed by atoms with van der Waals surface area (Å²) in [4.78, 5) is 23.5. The summed E-state index contributed by atoms with van der Waals surface area (Å²) in [6.07, 6.45) is 0. The summed E-state index contributed by atoms with van der Waals surface area (Å²) < 4.78 is 9.97. The fraction of sp³-hybridized carbons (Fsp3) is 0.467. The topological polar surface area (TPSA) is 52.6 Å². The van der Waals surface area contributed by atoms with Crippen molar-refractivity contribution in [2.45, 2.75) is 20.5 Å². The summed E-state index contributed by atoms with van der Waals surface area (Å²) in [6.45, 7) is 3.99. The lowest BCUT2D eigenvalue weighted by atomic mass is 10.1. The van der Waals surface area contributed by atoms with Gasteiger partial charge in [0.15, 0.2) is 0 Å². The molecule has 0 heterocycles. The molecule has 0 aliphatic heterocycles. The van der Waals surface area contributed by atoms with Crippen LogP contribution in [0.5, 0.6) is 0 Å². The Balaban J connectivity index is 1.93. The summed E-state index contributed by atoms with van der Waals surface area (Å²) in [5.74, 6) is -1.46. The zero-order valence-corrected chi connectivity index (χ0v) is 11.4. The molecule has 1 aromatic rings. The summed E-state index contributed by atoms with van der Waals surface area (Å²) in [7, 11) is 1.34. The molecule has 19 heavy (non-hydrogen) atoms. The van der Waals surface area contributed by atoms with E-state index in [1.165, 1.54) is 7.11 Å². The number of ether oxygens (including phenoxy) is 2. The molecule has 2 rings (SSSR count). The molecule has 1 aliphatic carbocycles. The highest BCUT2D eigenvalue weighted by Gasteiger charge is 2.67. The molecule has 0 unspecified atom stereocenters. The average Bonchev–Trinajstić information content (AvgIpc) is 2.99. The third-order valence-corrected chi connectivity index (χ3v) is 3.76. The quantitative estimate of drug-likeness (QED) is 0.780. The Labute approximate surface area is 112 Å². The fourth-order valence-electron chi connectivity index (χ4n) is 2.46. The SMILES string of the molecule is COC(=O)[C@H]1[C@@H](C(=O)OCc2ccccc2)C1(C)C. The number of carbonyl (C=O) groups excluding carboxylic acids is 2. The van der Waals surface area contributed by atoms with E-state index in [2.05, 4.69) is 0 Å². The van der Waals surface area contributed by atoms with Crippen molar-refractivity contribution in [3.05, 3.63) is 35.9 Å². The molecule has 1 aliphatic rings. The van der Waals surface area contributed by atoms with E-state index in [0.717, 1.165) is 5.56 Å². The van der Waals surface area contributed by atoms with Crippen LogP contribution in [0.4, 0.5) is 0 Å². The van der Waals surface area contributed by atoms with Gasteiger partial charge in [-0.1, -0.05) is 44.2 Å². The van der Waals surface area contributed by atoms with E-state index in [1.54, 1.807) is 0 Å². The molecule has 0 amide bonds. The van der Waals surface area contributed by atoms with E-state index in [9.17, 15) is 9.59 Å². The monoisotopic (exact) mass is 262 g/mol. The van der Waals surface area contributed by atoms with Crippen molar-refractivity contribution in [3.8, 4) is 0 Å². The van der Waals surface area contributed by atoms with Crippen molar-refractivity contribution < 1.29 is 19.1 Å². The van der Waals surface area contributed by atoms with Gasteiger partial charge in [0.25, 0.3) is 0 Å². The third-order valence-electron chi connectivity index (χ3n) is 3.76. The maximum atomic E-state index is 12.0. The first-order chi connectivity index (χ1) is 8.98. The van der Waals surface area contributed by atoms with E-state index in [-0.39, 0.29) is 29.9 Å². The minimum absolute atomic E-state index is 0.236. The Bertz CT molecular complexity index is 478. The van der Waals surface area contributed by atoms with E-state index in [4.69, 9.17) is 9.47 Å². The van der Waals surface area contributed by atoms with Gasteiger partial charge in [-0.2, -0.15) is 0 Å². The number of hydrogen-bond acceptors (Lipinski definition) is 4. The number of hydrogen-bond donors (Lipinski definition) is 0. The smallest absolute Gasteiger partial charge is 0.310 e.